The first kappa shape index (κ1) is 13.8. The second-order valence-corrected chi connectivity index (χ2v) is 5.76. The van der Waals surface area contributed by atoms with Crippen molar-refractivity contribution in [1.29, 1.82) is 0 Å². The second kappa shape index (κ2) is 5.55. The molecule has 0 aromatic heterocycles. The summed E-state index contributed by atoms with van der Waals surface area (Å²) in [6.45, 7) is 8.50. The summed E-state index contributed by atoms with van der Waals surface area (Å²) in [6.07, 6.45) is 0. The summed E-state index contributed by atoms with van der Waals surface area (Å²) < 4.78 is 0. The van der Waals surface area contributed by atoms with Crippen LogP contribution in [0.25, 0.3) is 0 Å². The molecule has 0 bridgehead atoms. The van der Waals surface area contributed by atoms with Gasteiger partial charge in [-0.15, -0.1) is 0 Å². The highest BCUT2D eigenvalue weighted by molar-refractivity contribution is 6.42. The molecule has 0 radical (unpaired) electrons. The van der Waals surface area contributed by atoms with E-state index in [2.05, 4.69) is 23.6 Å². The van der Waals surface area contributed by atoms with Crippen LogP contribution in [0.2, 0.25) is 10.0 Å². The van der Waals surface area contributed by atoms with Crippen molar-refractivity contribution in [3.05, 3.63) is 22.2 Å². The summed E-state index contributed by atoms with van der Waals surface area (Å²) in [5.41, 5.74) is 7.71. The quantitative estimate of drug-likeness (QED) is 0.849. The predicted molar refractivity (Wildman–Crippen MR) is 79.8 cm³/mol. The number of hydrogen-bond donors (Lipinski definition) is 1. The van der Waals surface area contributed by atoms with Gasteiger partial charge >= 0.3 is 0 Å². The van der Waals surface area contributed by atoms with Crippen LogP contribution in [0.4, 0.5) is 11.4 Å². The Balaban J connectivity index is 2.12. The molecule has 100 valence electrons. The van der Waals surface area contributed by atoms with E-state index in [0.29, 0.717) is 21.8 Å². The van der Waals surface area contributed by atoms with Crippen LogP contribution in [-0.4, -0.2) is 37.1 Å². The van der Waals surface area contributed by atoms with E-state index in [0.717, 1.165) is 31.9 Å². The van der Waals surface area contributed by atoms with E-state index in [4.69, 9.17) is 28.9 Å². The summed E-state index contributed by atoms with van der Waals surface area (Å²) >= 11 is 12.0. The maximum absolute atomic E-state index is 6.06. The van der Waals surface area contributed by atoms with Crippen LogP contribution in [-0.2, 0) is 0 Å². The first-order valence-corrected chi connectivity index (χ1v) is 6.98. The van der Waals surface area contributed by atoms with Crippen molar-refractivity contribution in [2.75, 3.05) is 36.8 Å². The Morgan fingerprint density at radius 3 is 2.17 bits per heavy atom. The molecule has 1 fully saturated rings. The van der Waals surface area contributed by atoms with Crippen molar-refractivity contribution < 1.29 is 0 Å². The molecule has 0 unspecified atom stereocenters. The van der Waals surface area contributed by atoms with Crippen LogP contribution in [0.1, 0.15) is 13.8 Å². The molecule has 1 aliphatic rings. The van der Waals surface area contributed by atoms with Crippen molar-refractivity contribution in [3.8, 4) is 0 Å². The van der Waals surface area contributed by atoms with Crippen molar-refractivity contribution in [3.63, 3.8) is 0 Å². The zero-order valence-corrected chi connectivity index (χ0v) is 12.3. The number of nitrogen functional groups attached to an aromatic ring is 1. The first-order valence-electron chi connectivity index (χ1n) is 6.22. The molecule has 18 heavy (non-hydrogen) atoms. The lowest BCUT2D eigenvalue weighted by Gasteiger charge is -2.38. The molecule has 1 saturated heterocycles. The van der Waals surface area contributed by atoms with Gasteiger partial charge in [-0.1, -0.05) is 23.2 Å². The Morgan fingerprint density at radius 2 is 1.61 bits per heavy atom. The number of nitrogens with zero attached hydrogens (tertiary/aromatic N) is 2. The van der Waals surface area contributed by atoms with Crippen molar-refractivity contribution in [2.45, 2.75) is 19.9 Å². The van der Waals surface area contributed by atoms with Crippen molar-refractivity contribution in [2.24, 2.45) is 0 Å². The number of anilines is 2. The van der Waals surface area contributed by atoms with E-state index >= 15 is 0 Å². The number of piperazine rings is 1. The van der Waals surface area contributed by atoms with Gasteiger partial charge in [-0.25, -0.2) is 0 Å². The minimum absolute atomic E-state index is 0.513. The minimum Gasteiger partial charge on any atom is -0.397 e. The lowest BCUT2D eigenvalue weighted by Crippen LogP contribution is -2.49. The second-order valence-electron chi connectivity index (χ2n) is 4.94. The molecule has 2 N–H and O–H groups in total. The van der Waals surface area contributed by atoms with Crippen LogP contribution in [0, 0.1) is 0 Å². The average molecular weight is 288 g/mol. The molecule has 1 aliphatic heterocycles. The number of hydrogen-bond acceptors (Lipinski definition) is 3. The summed E-state index contributed by atoms with van der Waals surface area (Å²) in [4.78, 5) is 4.74. The highest BCUT2D eigenvalue weighted by Crippen LogP contribution is 2.33. The van der Waals surface area contributed by atoms with Crippen LogP contribution in [0.15, 0.2) is 12.1 Å². The number of rotatable bonds is 2. The molecule has 1 aromatic carbocycles. The van der Waals surface area contributed by atoms with E-state index < -0.39 is 0 Å². The van der Waals surface area contributed by atoms with E-state index in [1.165, 1.54) is 0 Å². The third-order valence-electron chi connectivity index (χ3n) is 3.45. The summed E-state index contributed by atoms with van der Waals surface area (Å²) in [6, 6.07) is 4.19. The molecular weight excluding hydrogens is 269 g/mol. The van der Waals surface area contributed by atoms with E-state index in [1.807, 2.05) is 6.07 Å². The largest absolute Gasteiger partial charge is 0.397 e. The van der Waals surface area contributed by atoms with Crippen molar-refractivity contribution in [1.82, 2.24) is 4.90 Å². The predicted octanol–water partition coefficient (Wildman–Crippen LogP) is 3.11. The molecule has 1 heterocycles. The minimum atomic E-state index is 0.513. The van der Waals surface area contributed by atoms with E-state index in [9.17, 15) is 0 Å². The van der Waals surface area contributed by atoms with Gasteiger partial charge in [-0.2, -0.15) is 0 Å². The van der Waals surface area contributed by atoms with Crippen molar-refractivity contribution >= 4 is 34.6 Å². The highest BCUT2D eigenvalue weighted by atomic mass is 35.5. The van der Waals surface area contributed by atoms with Gasteiger partial charge in [0, 0.05) is 32.2 Å². The smallest absolute Gasteiger partial charge is 0.0616 e. The highest BCUT2D eigenvalue weighted by Gasteiger charge is 2.20. The zero-order chi connectivity index (χ0) is 13.3. The third kappa shape index (κ3) is 2.85. The maximum atomic E-state index is 6.06. The van der Waals surface area contributed by atoms with Gasteiger partial charge < -0.3 is 10.6 Å². The Morgan fingerprint density at radius 1 is 1.06 bits per heavy atom. The third-order valence-corrected chi connectivity index (χ3v) is 4.18. The summed E-state index contributed by atoms with van der Waals surface area (Å²) in [7, 11) is 0. The first-order chi connectivity index (χ1) is 8.49. The van der Waals surface area contributed by atoms with E-state index in [1.54, 1.807) is 6.07 Å². The topological polar surface area (TPSA) is 32.5 Å². The molecule has 1 aromatic rings. The standard InChI is InChI=1S/C13H19Cl2N3/c1-9(2)17-3-5-18(6-4-17)13-8-11(15)10(14)7-12(13)16/h7-9H,3-6,16H2,1-2H3. The number of halogens is 2. The summed E-state index contributed by atoms with van der Waals surface area (Å²) in [5, 5.41) is 1.07. The molecule has 2 rings (SSSR count). The fourth-order valence-electron chi connectivity index (χ4n) is 2.30. The lowest BCUT2D eigenvalue weighted by molar-refractivity contribution is 0.209. The normalized spacial score (nSPS) is 17.5. The maximum Gasteiger partial charge on any atom is 0.0616 e. The zero-order valence-electron chi connectivity index (χ0n) is 10.8. The van der Waals surface area contributed by atoms with Gasteiger partial charge in [0.15, 0.2) is 0 Å². The van der Waals surface area contributed by atoms with Crippen LogP contribution < -0.4 is 10.6 Å². The van der Waals surface area contributed by atoms with Gasteiger partial charge in [0.1, 0.15) is 0 Å². The molecule has 0 aliphatic carbocycles. The average Bonchev–Trinajstić information content (AvgIpc) is 2.34. The van der Waals surface area contributed by atoms with Crippen LogP contribution in [0.5, 0.6) is 0 Å². The van der Waals surface area contributed by atoms with Gasteiger partial charge in [-0.05, 0) is 26.0 Å². The molecule has 0 saturated carbocycles. The SMILES string of the molecule is CC(C)N1CCN(c2cc(Cl)c(Cl)cc2N)CC1. The Hall–Kier alpha value is -0.640. The van der Waals surface area contributed by atoms with Crippen LogP contribution in [0.3, 0.4) is 0 Å². The number of nitrogens with two attached hydrogens (primary N) is 1. The van der Waals surface area contributed by atoms with Gasteiger partial charge in [-0.3, -0.25) is 4.90 Å². The summed E-state index contributed by atoms with van der Waals surface area (Å²) in [5.74, 6) is 0. The molecule has 0 spiro atoms. The van der Waals surface area contributed by atoms with Gasteiger partial charge in [0.05, 0.1) is 21.4 Å². The Bertz CT molecular complexity index is 426. The fraction of sp³-hybridized carbons (Fsp3) is 0.538. The molecule has 0 atom stereocenters. The van der Waals surface area contributed by atoms with E-state index in [-0.39, 0.29) is 0 Å². The van der Waals surface area contributed by atoms with Gasteiger partial charge in [0.2, 0.25) is 0 Å². The monoisotopic (exact) mass is 287 g/mol. The molecular formula is C13H19Cl2N3. The Kier molecular flexibility index (Phi) is 4.25. The number of benzene rings is 1. The molecule has 3 nitrogen and oxygen atoms in total. The lowest BCUT2D eigenvalue weighted by atomic mass is 10.2. The van der Waals surface area contributed by atoms with Crippen LogP contribution >= 0.6 is 23.2 Å². The van der Waals surface area contributed by atoms with Gasteiger partial charge in [0.25, 0.3) is 0 Å². The Labute approximate surface area is 118 Å². The molecule has 5 heteroatoms. The molecule has 0 amide bonds. The fourth-order valence-corrected chi connectivity index (χ4v) is 2.63.